The Labute approximate surface area is 236 Å². The van der Waals surface area contributed by atoms with Crippen LogP contribution in [0.15, 0.2) is 71.2 Å². The summed E-state index contributed by atoms with van der Waals surface area (Å²) in [6.07, 6.45) is 11.2. The summed E-state index contributed by atoms with van der Waals surface area (Å²) in [4.78, 5) is 27.5. The Morgan fingerprint density at radius 3 is 2.56 bits per heavy atom. The van der Waals surface area contributed by atoms with Gasteiger partial charge in [0.05, 0.1) is 5.75 Å². The van der Waals surface area contributed by atoms with Crippen LogP contribution in [-0.4, -0.2) is 33.8 Å². The molecule has 0 amide bonds. The number of ether oxygens (including phenoxy) is 1. The van der Waals surface area contributed by atoms with Crippen molar-refractivity contribution in [3.05, 3.63) is 66.3 Å². The molecule has 6 rings (SSSR count). The molecule has 39 heavy (non-hydrogen) atoms. The molecule has 0 spiro atoms. The van der Waals surface area contributed by atoms with Gasteiger partial charge in [-0.25, -0.2) is 0 Å². The molecule has 2 aromatic rings. The molecule has 0 aromatic heterocycles. The largest absolute Gasteiger partial charge is 0.366 e. The van der Waals surface area contributed by atoms with E-state index in [4.69, 9.17) is 4.74 Å². The highest BCUT2D eigenvalue weighted by Gasteiger charge is 2.68. The molecule has 6 atom stereocenters. The Bertz CT molecular complexity index is 1390. The molecule has 0 heterocycles. The van der Waals surface area contributed by atoms with Crippen molar-refractivity contribution in [1.82, 2.24) is 0 Å². The van der Waals surface area contributed by atoms with E-state index < -0.39 is 11.4 Å². The first-order valence-electron chi connectivity index (χ1n) is 14.5. The van der Waals surface area contributed by atoms with Crippen LogP contribution in [0.5, 0.6) is 0 Å². The summed E-state index contributed by atoms with van der Waals surface area (Å²) in [5, 5.41) is 13.3. The number of Topliss-reactive ketones (excluding diaryl/α,β-unsaturated/α-hetero) is 1. The molecule has 206 valence electrons. The Balaban J connectivity index is 1.29. The highest BCUT2D eigenvalue weighted by Crippen LogP contribution is 2.68. The molecule has 3 fully saturated rings. The van der Waals surface area contributed by atoms with Crippen LogP contribution < -0.4 is 0 Å². The minimum absolute atomic E-state index is 0.0868. The minimum atomic E-state index is -1.40. The lowest BCUT2D eigenvalue weighted by atomic mass is 9.47. The summed E-state index contributed by atoms with van der Waals surface area (Å²) in [5.74, 6) is 0.389. The van der Waals surface area contributed by atoms with Gasteiger partial charge in [-0.1, -0.05) is 55.8 Å². The maximum absolute atomic E-state index is 14.3. The van der Waals surface area contributed by atoms with Gasteiger partial charge in [-0.2, -0.15) is 0 Å². The fraction of sp³-hybridized carbons (Fsp3) is 0.529. The number of allylic oxidation sites excluding steroid dienone is 4. The summed E-state index contributed by atoms with van der Waals surface area (Å²) in [5.41, 5.74) is -0.169. The summed E-state index contributed by atoms with van der Waals surface area (Å²) in [6.45, 7) is 7.88. The predicted octanol–water partition coefficient (Wildman–Crippen LogP) is 7.29. The lowest BCUT2D eigenvalue weighted by Crippen LogP contribution is -2.61. The Morgan fingerprint density at radius 2 is 1.79 bits per heavy atom. The van der Waals surface area contributed by atoms with Crippen molar-refractivity contribution in [2.45, 2.75) is 82.5 Å². The van der Waals surface area contributed by atoms with Gasteiger partial charge in [0.15, 0.2) is 17.4 Å². The standard InChI is InChI=1S/C34H40O4S/c1-31(2,37)38-34(30(36)21-39-26-11-9-22-7-5-6-8-23(22)19-26)18-15-29-27-12-10-24-20-25(35)13-16-32(24,3)28(27)14-17-33(29,34)4/h5-9,11,13,16,19-20,27-29,37H,10,12,14-15,17-18,21H2,1-4H3/t27?,28?,29?,32?,33?,34-/m0/s1. The Morgan fingerprint density at radius 1 is 1.05 bits per heavy atom. The van der Waals surface area contributed by atoms with Crippen LogP contribution in [0, 0.1) is 28.6 Å². The Kier molecular flexibility index (Phi) is 6.52. The molecule has 4 aliphatic carbocycles. The third-order valence-corrected chi connectivity index (χ3v) is 11.6. The molecule has 3 saturated carbocycles. The second-order valence-electron chi connectivity index (χ2n) is 13.2. The third kappa shape index (κ3) is 4.36. The molecular formula is C34H40O4S. The fourth-order valence-electron chi connectivity index (χ4n) is 8.83. The zero-order valence-corrected chi connectivity index (χ0v) is 24.4. The molecule has 4 aliphatic rings. The van der Waals surface area contributed by atoms with Gasteiger partial charge in [-0.3, -0.25) is 9.59 Å². The van der Waals surface area contributed by atoms with Gasteiger partial charge in [0.1, 0.15) is 5.60 Å². The minimum Gasteiger partial charge on any atom is -0.366 e. The van der Waals surface area contributed by atoms with E-state index in [0.717, 1.165) is 37.0 Å². The predicted molar refractivity (Wildman–Crippen MR) is 156 cm³/mol. The first-order chi connectivity index (χ1) is 18.5. The highest BCUT2D eigenvalue weighted by atomic mass is 32.2. The molecule has 1 N–H and O–H groups in total. The van der Waals surface area contributed by atoms with Gasteiger partial charge in [0.25, 0.3) is 0 Å². The van der Waals surface area contributed by atoms with Crippen LogP contribution in [0.1, 0.15) is 66.2 Å². The maximum Gasteiger partial charge on any atom is 0.178 e. The molecule has 0 bridgehead atoms. The van der Waals surface area contributed by atoms with E-state index in [0.29, 0.717) is 29.9 Å². The van der Waals surface area contributed by atoms with E-state index in [9.17, 15) is 14.7 Å². The SMILES string of the molecule is CC(C)(O)O[C@]1(C(=O)CSc2ccc3ccccc3c2)CCC2C3CCC4=CC(=O)C=CC4(C)C3CCC21C. The number of carbonyl (C=O) groups excluding carboxylic acids is 2. The molecule has 2 aromatic carbocycles. The van der Waals surface area contributed by atoms with E-state index >= 15 is 0 Å². The smallest absolute Gasteiger partial charge is 0.178 e. The lowest BCUT2D eigenvalue weighted by molar-refractivity contribution is -0.270. The summed E-state index contributed by atoms with van der Waals surface area (Å²) in [6, 6.07) is 14.6. The second kappa shape index (κ2) is 9.43. The number of fused-ring (bicyclic) bond motifs is 6. The quantitative estimate of drug-likeness (QED) is 0.306. The molecule has 0 aliphatic heterocycles. The molecule has 4 nitrogen and oxygen atoms in total. The van der Waals surface area contributed by atoms with E-state index in [1.54, 1.807) is 31.7 Å². The van der Waals surface area contributed by atoms with E-state index in [-0.39, 0.29) is 22.4 Å². The van der Waals surface area contributed by atoms with Crippen LogP contribution >= 0.6 is 11.8 Å². The molecular weight excluding hydrogens is 504 g/mol. The lowest BCUT2D eigenvalue weighted by Gasteiger charge is -2.59. The number of rotatable bonds is 6. The van der Waals surface area contributed by atoms with Crippen LogP contribution in [0.4, 0.5) is 0 Å². The van der Waals surface area contributed by atoms with Gasteiger partial charge in [0, 0.05) is 15.7 Å². The highest BCUT2D eigenvalue weighted by molar-refractivity contribution is 8.00. The number of hydrogen-bond acceptors (Lipinski definition) is 5. The van der Waals surface area contributed by atoms with E-state index in [1.807, 2.05) is 18.2 Å². The number of carbonyl (C=O) groups is 2. The zero-order valence-electron chi connectivity index (χ0n) is 23.5. The normalized spacial score (nSPS) is 35.8. The fourth-order valence-corrected chi connectivity index (χ4v) is 9.73. The topological polar surface area (TPSA) is 63.6 Å². The number of hydrogen-bond donors (Lipinski definition) is 1. The van der Waals surface area contributed by atoms with E-state index in [2.05, 4.69) is 50.3 Å². The molecule has 5 unspecified atom stereocenters. The van der Waals surface area contributed by atoms with Gasteiger partial charge in [-0.15, -0.1) is 11.8 Å². The summed E-state index contributed by atoms with van der Waals surface area (Å²) in [7, 11) is 0. The van der Waals surface area contributed by atoms with Gasteiger partial charge in [0.2, 0.25) is 0 Å². The zero-order chi connectivity index (χ0) is 27.6. The molecule has 0 saturated heterocycles. The average molecular weight is 545 g/mol. The third-order valence-electron chi connectivity index (χ3n) is 10.6. The second-order valence-corrected chi connectivity index (χ2v) is 14.2. The Hall–Kier alpha value is -2.21. The van der Waals surface area contributed by atoms with Crippen LogP contribution in [0.25, 0.3) is 10.8 Å². The number of ketones is 2. The number of aliphatic hydroxyl groups is 1. The van der Waals surface area contributed by atoms with Gasteiger partial charge in [-0.05, 0) is 105 Å². The number of benzene rings is 2. The van der Waals surface area contributed by atoms with Crippen LogP contribution in [-0.2, 0) is 14.3 Å². The molecule has 5 heteroatoms. The van der Waals surface area contributed by atoms with Crippen molar-refractivity contribution in [2.24, 2.45) is 28.6 Å². The maximum atomic E-state index is 14.3. The van der Waals surface area contributed by atoms with Crippen molar-refractivity contribution in [1.29, 1.82) is 0 Å². The van der Waals surface area contributed by atoms with Crippen LogP contribution in [0.2, 0.25) is 0 Å². The van der Waals surface area contributed by atoms with Crippen LogP contribution in [0.3, 0.4) is 0 Å². The summed E-state index contributed by atoms with van der Waals surface area (Å²) >= 11 is 1.57. The van der Waals surface area contributed by atoms with Crippen molar-refractivity contribution in [3.8, 4) is 0 Å². The monoisotopic (exact) mass is 544 g/mol. The van der Waals surface area contributed by atoms with Crippen molar-refractivity contribution < 1.29 is 19.4 Å². The first kappa shape index (κ1) is 27.0. The molecule has 0 radical (unpaired) electrons. The van der Waals surface area contributed by atoms with Crippen molar-refractivity contribution in [2.75, 3.05) is 5.75 Å². The first-order valence-corrected chi connectivity index (χ1v) is 15.5. The van der Waals surface area contributed by atoms with Crippen molar-refractivity contribution >= 4 is 34.1 Å². The van der Waals surface area contributed by atoms with Gasteiger partial charge < -0.3 is 9.84 Å². The van der Waals surface area contributed by atoms with Crippen molar-refractivity contribution in [3.63, 3.8) is 0 Å². The number of thioether (sulfide) groups is 1. The van der Waals surface area contributed by atoms with E-state index in [1.165, 1.54) is 16.3 Å². The average Bonchev–Trinajstić information content (AvgIpc) is 3.19. The van der Waals surface area contributed by atoms with Gasteiger partial charge >= 0.3 is 0 Å². The summed E-state index contributed by atoms with van der Waals surface area (Å²) < 4.78 is 6.53.